The molecule has 1 N–H and O–H groups in total. The highest BCUT2D eigenvalue weighted by Crippen LogP contribution is 2.32. The molecule has 4 aromatic rings. The van der Waals surface area contributed by atoms with Gasteiger partial charge in [0.05, 0.1) is 36.0 Å². The van der Waals surface area contributed by atoms with Gasteiger partial charge >= 0.3 is 0 Å². The average molecular weight is 449 g/mol. The van der Waals surface area contributed by atoms with Gasteiger partial charge in [0.25, 0.3) is 0 Å². The number of anilines is 2. The van der Waals surface area contributed by atoms with Gasteiger partial charge in [-0.05, 0) is 24.3 Å². The summed E-state index contributed by atoms with van der Waals surface area (Å²) in [4.78, 5) is 30.2. The lowest BCUT2D eigenvalue weighted by Gasteiger charge is -2.37. The first kappa shape index (κ1) is 20.0. The molecule has 1 aliphatic rings. The van der Waals surface area contributed by atoms with E-state index in [0.717, 1.165) is 11.1 Å². The Morgan fingerprint density at radius 2 is 2.12 bits per heavy atom. The third-order valence-corrected chi connectivity index (χ3v) is 5.37. The third-order valence-electron chi connectivity index (χ3n) is 5.05. The number of likely N-dealkylation sites (tertiary alicyclic amines) is 1. The number of fused-ring (bicyclic) bond motifs is 1. The minimum atomic E-state index is -0.120. The number of carbonyl (C=O) groups excluding carboxylic acids is 1. The highest BCUT2D eigenvalue weighted by Gasteiger charge is 2.31. The van der Waals surface area contributed by atoms with Crippen LogP contribution in [0.5, 0.6) is 5.88 Å². The largest absolute Gasteiger partial charge is 0.471 e. The number of oxazole rings is 1. The lowest BCUT2D eigenvalue weighted by molar-refractivity contribution is -0.134. The van der Waals surface area contributed by atoms with Gasteiger partial charge < -0.3 is 19.4 Å². The van der Waals surface area contributed by atoms with Crippen molar-refractivity contribution in [2.75, 3.05) is 18.4 Å². The Balaban J connectivity index is 1.39. The van der Waals surface area contributed by atoms with Gasteiger partial charge in [0, 0.05) is 22.7 Å². The molecule has 160 valence electrons. The van der Waals surface area contributed by atoms with Crippen LogP contribution < -0.4 is 10.1 Å². The number of carbonyl (C=O) groups is 1. The summed E-state index contributed by atoms with van der Waals surface area (Å²) in [5.74, 6) is 1.48. The summed E-state index contributed by atoms with van der Waals surface area (Å²) in [5.41, 5.74) is 2.14. The van der Waals surface area contributed by atoms with Crippen molar-refractivity contribution < 1.29 is 13.9 Å². The fourth-order valence-corrected chi connectivity index (χ4v) is 3.58. The van der Waals surface area contributed by atoms with Crippen molar-refractivity contribution in [2.24, 2.45) is 0 Å². The zero-order chi connectivity index (χ0) is 22.1. The minimum Gasteiger partial charge on any atom is -0.471 e. The number of hydrogen-bond acceptors (Lipinski definition) is 8. The van der Waals surface area contributed by atoms with Crippen molar-refractivity contribution in [3.8, 4) is 17.2 Å². The van der Waals surface area contributed by atoms with Crippen LogP contribution in [-0.2, 0) is 4.79 Å². The van der Waals surface area contributed by atoms with Crippen molar-refractivity contribution in [1.82, 2.24) is 24.8 Å². The Morgan fingerprint density at radius 1 is 1.25 bits per heavy atom. The lowest BCUT2D eigenvalue weighted by atomic mass is 10.1. The fourth-order valence-electron chi connectivity index (χ4n) is 3.37. The highest BCUT2D eigenvalue weighted by atomic mass is 35.5. The number of aromatic nitrogens is 4. The van der Waals surface area contributed by atoms with Crippen molar-refractivity contribution in [1.29, 1.82) is 0 Å². The van der Waals surface area contributed by atoms with Crippen LogP contribution in [0.4, 0.5) is 11.5 Å². The third kappa shape index (κ3) is 3.85. The van der Waals surface area contributed by atoms with Crippen LogP contribution >= 0.6 is 11.6 Å². The predicted molar refractivity (Wildman–Crippen MR) is 119 cm³/mol. The zero-order valence-electron chi connectivity index (χ0n) is 16.7. The molecule has 4 heterocycles. The maximum atomic E-state index is 11.6. The number of pyridine rings is 1. The molecule has 0 atom stereocenters. The molecule has 0 bridgehead atoms. The van der Waals surface area contributed by atoms with E-state index in [1.54, 1.807) is 29.4 Å². The summed E-state index contributed by atoms with van der Waals surface area (Å²) in [6.07, 6.45) is 7.22. The second-order valence-electron chi connectivity index (χ2n) is 7.13. The quantitative estimate of drug-likeness (QED) is 0.443. The van der Waals surface area contributed by atoms with E-state index < -0.39 is 0 Å². The summed E-state index contributed by atoms with van der Waals surface area (Å²) in [6, 6.07) is 7.25. The van der Waals surface area contributed by atoms with E-state index >= 15 is 0 Å². The topological polar surface area (TPSA) is 106 Å². The molecule has 1 saturated heterocycles. The average Bonchev–Trinajstić information content (AvgIpc) is 3.32. The summed E-state index contributed by atoms with van der Waals surface area (Å²) in [6.45, 7) is 4.49. The van der Waals surface area contributed by atoms with Crippen molar-refractivity contribution in [3.63, 3.8) is 0 Å². The molecule has 1 fully saturated rings. The number of benzene rings is 1. The van der Waals surface area contributed by atoms with Crippen molar-refractivity contribution in [3.05, 3.63) is 67.1 Å². The smallest absolute Gasteiger partial charge is 0.246 e. The standard InChI is InChI=1S/C22H17ClN6O3/c1-2-21(30)29-9-14(10-29)32-20-6-16-18(7-25-20)26-11-27-22(16)28-13-3-4-17(23)15(5-13)19-8-24-12-31-19/h2-8,11-12,14H,1,9-10H2,(H,26,27,28). The molecule has 0 radical (unpaired) electrons. The molecule has 1 aliphatic heterocycles. The van der Waals surface area contributed by atoms with Crippen LogP contribution in [0.25, 0.3) is 22.2 Å². The Morgan fingerprint density at radius 3 is 2.91 bits per heavy atom. The van der Waals surface area contributed by atoms with Gasteiger partial charge in [-0.2, -0.15) is 0 Å². The Kier molecular flexibility index (Phi) is 5.16. The molecule has 32 heavy (non-hydrogen) atoms. The lowest BCUT2D eigenvalue weighted by Crippen LogP contribution is -2.55. The first-order chi connectivity index (χ1) is 15.6. The molecule has 10 heteroatoms. The van der Waals surface area contributed by atoms with Gasteiger partial charge in [-0.15, -0.1) is 0 Å². The predicted octanol–water partition coefficient (Wildman–Crippen LogP) is 3.85. The molecule has 0 unspecified atom stereocenters. The van der Waals surface area contributed by atoms with E-state index in [1.807, 2.05) is 12.1 Å². The van der Waals surface area contributed by atoms with E-state index in [2.05, 4.69) is 31.8 Å². The number of halogens is 1. The van der Waals surface area contributed by atoms with Crippen molar-refractivity contribution in [2.45, 2.75) is 6.10 Å². The van der Waals surface area contributed by atoms with Gasteiger partial charge in [0.2, 0.25) is 11.8 Å². The molecule has 9 nitrogen and oxygen atoms in total. The summed E-state index contributed by atoms with van der Waals surface area (Å²) in [5, 5.41) is 4.58. The first-order valence-electron chi connectivity index (χ1n) is 9.75. The molecule has 0 saturated carbocycles. The van der Waals surface area contributed by atoms with Crippen LogP contribution in [-0.4, -0.2) is 49.9 Å². The van der Waals surface area contributed by atoms with Crippen LogP contribution in [0.3, 0.4) is 0 Å². The van der Waals surface area contributed by atoms with E-state index in [9.17, 15) is 4.79 Å². The zero-order valence-corrected chi connectivity index (χ0v) is 17.5. The molecule has 1 amide bonds. The Bertz CT molecular complexity index is 1300. The van der Waals surface area contributed by atoms with Crippen LogP contribution in [0.15, 0.2) is 66.5 Å². The normalized spacial score (nSPS) is 13.6. The number of ether oxygens (including phenoxy) is 1. The van der Waals surface area contributed by atoms with Crippen LogP contribution in [0.2, 0.25) is 5.02 Å². The number of nitrogens with zero attached hydrogens (tertiary/aromatic N) is 5. The summed E-state index contributed by atoms with van der Waals surface area (Å²) >= 11 is 6.32. The Labute approximate surface area is 187 Å². The molecule has 0 aliphatic carbocycles. The second-order valence-corrected chi connectivity index (χ2v) is 7.54. The SMILES string of the molecule is C=CC(=O)N1CC(Oc2cc3c(Nc4ccc(Cl)c(-c5cnco5)c4)ncnc3cn2)C1. The number of nitrogens with one attached hydrogen (secondary N) is 1. The maximum absolute atomic E-state index is 11.6. The molecule has 0 spiro atoms. The minimum absolute atomic E-state index is 0.108. The maximum Gasteiger partial charge on any atom is 0.246 e. The Hall–Kier alpha value is -3.98. The molecular formula is C22H17ClN6O3. The molecule has 3 aromatic heterocycles. The first-order valence-corrected chi connectivity index (χ1v) is 10.1. The van der Waals surface area contributed by atoms with Gasteiger partial charge in [-0.1, -0.05) is 18.2 Å². The van der Waals surface area contributed by atoms with Crippen LogP contribution in [0.1, 0.15) is 0 Å². The second kappa shape index (κ2) is 8.27. The molecular weight excluding hydrogens is 432 g/mol. The molecule has 1 aromatic carbocycles. The number of hydrogen-bond donors (Lipinski definition) is 1. The fraction of sp³-hybridized carbons (Fsp3) is 0.136. The molecule has 5 rings (SSSR count). The van der Waals surface area contributed by atoms with Crippen LogP contribution in [0, 0.1) is 0 Å². The van der Waals surface area contributed by atoms with E-state index in [0.29, 0.717) is 46.7 Å². The van der Waals surface area contributed by atoms with E-state index in [4.69, 9.17) is 20.8 Å². The summed E-state index contributed by atoms with van der Waals surface area (Å²) < 4.78 is 11.3. The van der Waals surface area contributed by atoms with Crippen molar-refractivity contribution >= 4 is 39.9 Å². The summed E-state index contributed by atoms with van der Waals surface area (Å²) in [7, 11) is 0. The van der Waals surface area contributed by atoms with Gasteiger partial charge in [-0.3, -0.25) is 4.79 Å². The monoisotopic (exact) mass is 448 g/mol. The number of amides is 1. The van der Waals surface area contributed by atoms with Gasteiger partial charge in [0.1, 0.15) is 18.2 Å². The van der Waals surface area contributed by atoms with E-state index in [1.165, 1.54) is 18.8 Å². The highest BCUT2D eigenvalue weighted by molar-refractivity contribution is 6.33. The number of rotatable bonds is 6. The van der Waals surface area contributed by atoms with E-state index in [-0.39, 0.29) is 12.0 Å². The van der Waals surface area contributed by atoms with Gasteiger partial charge in [-0.25, -0.2) is 19.9 Å². The van der Waals surface area contributed by atoms with Gasteiger partial charge in [0.15, 0.2) is 12.2 Å².